The maximum atomic E-state index is 6.29. The normalized spacial score (nSPS) is 17.6. The van der Waals surface area contributed by atoms with Crippen molar-refractivity contribution in [2.75, 3.05) is 0 Å². The van der Waals surface area contributed by atoms with Gasteiger partial charge in [0.25, 0.3) is 0 Å². The Morgan fingerprint density at radius 1 is 1.39 bits per heavy atom. The van der Waals surface area contributed by atoms with Crippen molar-refractivity contribution in [2.45, 2.75) is 38.8 Å². The standard InChI is InChI=1S/C14H18ClN3/c1-8(2)13(16)14-17-11-7-9(15)3-6-12(11)18(14)10-4-5-10/h3,6-8,10,13H,4-5,16H2,1-2H3. The summed E-state index contributed by atoms with van der Waals surface area (Å²) in [6.07, 6.45) is 2.46. The van der Waals surface area contributed by atoms with Gasteiger partial charge in [-0.15, -0.1) is 0 Å². The number of nitrogens with zero attached hydrogens (tertiary/aromatic N) is 2. The fourth-order valence-corrected chi connectivity index (χ4v) is 2.51. The summed E-state index contributed by atoms with van der Waals surface area (Å²) >= 11 is 6.04. The van der Waals surface area contributed by atoms with Gasteiger partial charge < -0.3 is 10.3 Å². The van der Waals surface area contributed by atoms with Crippen LogP contribution in [-0.4, -0.2) is 9.55 Å². The molecule has 1 heterocycles. The molecule has 2 N–H and O–H groups in total. The fourth-order valence-electron chi connectivity index (χ4n) is 2.34. The number of aromatic nitrogens is 2. The van der Waals surface area contributed by atoms with Crippen LogP contribution in [0.5, 0.6) is 0 Å². The van der Waals surface area contributed by atoms with E-state index >= 15 is 0 Å². The molecule has 3 nitrogen and oxygen atoms in total. The molecule has 1 atom stereocenters. The van der Waals surface area contributed by atoms with Gasteiger partial charge in [-0.05, 0) is 37.0 Å². The van der Waals surface area contributed by atoms with Gasteiger partial charge in [0.15, 0.2) is 0 Å². The Kier molecular flexibility index (Phi) is 2.83. The van der Waals surface area contributed by atoms with E-state index in [1.54, 1.807) is 0 Å². The van der Waals surface area contributed by atoms with Crippen molar-refractivity contribution in [1.82, 2.24) is 9.55 Å². The Labute approximate surface area is 112 Å². The number of rotatable bonds is 3. The van der Waals surface area contributed by atoms with Gasteiger partial charge in [-0.1, -0.05) is 25.4 Å². The first-order valence-electron chi connectivity index (χ1n) is 6.51. The Morgan fingerprint density at radius 2 is 2.11 bits per heavy atom. The predicted molar refractivity (Wildman–Crippen MR) is 74.8 cm³/mol. The maximum Gasteiger partial charge on any atom is 0.127 e. The Balaban J connectivity index is 2.20. The third-order valence-corrected chi connectivity index (χ3v) is 3.84. The lowest BCUT2D eigenvalue weighted by Gasteiger charge is -2.17. The summed E-state index contributed by atoms with van der Waals surface area (Å²) in [4.78, 5) is 4.71. The van der Waals surface area contributed by atoms with Gasteiger partial charge in [-0.2, -0.15) is 0 Å². The third kappa shape index (κ3) is 1.91. The number of hydrogen-bond acceptors (Lipinski definition) is 2. The van der Waals surface area contributed by atoms with Crippen LogP contribution in [0.3, 0.4) is 0 Å². The zero-order chi connectivity index (χ0) is 12.9. The van der Waals surface area contributed by atoms with E-state index < -0.39 is 0 Å². The van der Waals surface area contributed by atoms with E-state index in [4.69, 9.17) is 22.3 Å². The van der Waals surface area contributed by atoms with E-state index in [1.807, 2.05) is 12.1 Å². The first kappa shape index (κ1) is 12.0. The molecular weight excluding hydrogens is 246 g/mol. The molecule has 4 heteroatoms. The number of hydrogen-bond donors (Lipinski definition) is 1. The second-order valence-corrected chi connectivity index (χ2v) is 5.91. The Bertz CT molecular complexity index is 584. The largest absolute Gasteiger partial charge is 0.324 e. The highest BCUT2D eigenvalue weighted by atomic mass is 35.5. The zero-order valence-corrected chi connectivity index (χ0v) is 11.5. The third-order valence-electron chi connectivity index (χ3n) is 3.61. The van der Waals surface area contributed by atoms with Crippen LogP contribution in [0.15, 0.2) is 18.2 Å². The van der Waals surface area contributed by atoms with E-state index in [0.29, 0.717) is 12.0 Å². The van der Waals surface area contributed by atoms with Crippen molar-refractivity contribution in [3.8, 4) is 0 Å². The summed E-state index contributed by atoms with van der Waals surface area (Å²) in [6.45, 7) is 4.27. The monoisotopic (exact) mass is 263 g/mol. The SMILES string of the molecule is CC(C)C(N)c1nc2cc(Cl)ccc2n1C1CC1. The molecule has 0 aliphatic heterocycles. The molecule has 1 aliphatic carbocycles. The summed E-state index contributed by atoms with van der Waals surface area (Å²) in [6, 6.07) is 6.47. The number of fused-ring (bicyclic) bond motifs is 1. The van der Waals surface area contributed by atoms with Crippen LogP contribution >= 0.6 is 11.6 Å². The van der Waals surface area contributed by atoms with E-state index in [9.17, 15) is 0 Å². The minimum absolute atomic E-state index is 0.0169. The van der Waals surface area contributed by atoms with Gasteiger partial charge in [0.2, 0.25) is 0 Å². The second-order valence-electron chi connectivity index (χ2n) is 5.47. The highest BCUT2D eigenvalue weighted by molar-refractivity contribution is 6.31. The van der Waals surface area contributed by atoms with Gasteiger partial charge in [0.05, 0.1) is 17.1 Å². The Morgan fingerprint density at radius 3 is 2.72 bits per heavy atom. The smallest absolute Gasteiger partial charge is 0.127 e. The maximum absolute atomic E-state index is 6.29. The van der Waals surface area contributed by atoms with Crippen LogP contribution in [0.2, 0.25) is 5.02 Å². The predicted octanol–water partition coefficient (Wildman–Crippen LogP) is 3.68. The molecule has 1 fully saturated rings. The number of nitrogens with two attached hydrogens (primary N) is 1. The zero-order valence-electron chi connectivity index (χ0n) is 10.7. The molecule has 18 heavy (non-hydrogen) atoms. The number of imidazole rings is 1. The van der Waals surface area contributed by atoms with E-state index in [-0.39, 0.29) is 6.04 Å². The topological polar surface area (TPSA) is 43.8 Å². The lowest BCUT2D eigenvalue weighted by molar-refractivity contribution is 0.470. The minimum Gasteiger partial charge on any atom is -0.324 e. The summed E-state index contributed by atoms with van der Waals surface area (Å²) < 4.78 is 2.32. The minimum atomic E-state index is -0.0169. The van der Waals surface area contributed by atoms with Gasteiger partial charge in [-0.25, -0.2) is 4.98 Å². The lowest BCUT2D eigenvalue weighted by Crippen LogP contribution is -2.21. The molecule has 0 spiro atoms. The van der Waals surface area contributed by atoms with Crippen LogP contribution in [0, 0.1) is 5.92 Å². The summed E-state index contributed by atoms with van der Waals surface area (Å²) in [5.41, 5.74) is 8.41. The van der Waals surface area contributed by atoms with Gasteiger partial charge in [0.1, 0.15) is 5.82 Å². The molecule has 1 saturated carbocycles. The van der Waals surface area contributed by atoms with Crippen LogP contribution in [0.1, 0.15) is 44.6 Å². The van der Waals surface area contributed by atoms with Crippen LogP contribution in [0.25, 0.3) is 11.0 Å². The van der Waals surface area contributed by atoms with E-state index in [1.165, 1.54) is 12.8 Å². The van der Waals surface area contributed by atoms with E-state index in [2.05, 4.69) is 24.5 Å². The van der Waals surface area contributed by atoms with Crippen LogP contribution in [0.4, 0.5) is 0 Å². The highest BCUT2D eigenvalue weighted by Crippen LogP contribution is 2.40. The molecule has 0 bridgehead atoms. The average Bonchev–Trinajstić information content (AvgIpc) is 3.09. The van der Waals surface area contributed by atoms with Crippen molar-refractivity contribution >= 4 is 22.6 Å². The summed E-state index contributed by atoms with van der Waals surface area (Å²) in [5, 5.41) is 0.729. The van der Waals surface area contributed by atoms with Crippen molar-refractivity contribution < 1.29 is 0 Å². The molecule has 1 aliphatic rings. The molecule has 0 radical (unpaired) electrons. The lowest BCUT2D eigenvalue weighted by atomic mass is 10.1. The first-order chi connectivity index (χ1) is 8.58. The molecule has 1 aromatic carbocycles. The molecule has 2 aromatic rings. The molecular formula is C14H18ClN3. The first-order valence-corrected chi connectivity index (χ1v) is 6.88. The summed E-state index contributed by atoms with van der Waals surface area (Å²) in [7, 11) is 0. The molecule has 1 aromatic heterocycles. The Hall–Kier alpha value is -1.06. The molecule has 1 unspecified atom stereocenters. The van der Waals surface area contributed by atoms with Crippen molar-refractivity contribution in [3.05, 3.63) is 29.0 Å². The number of benzene rings is 1. The molecule has 0 saturated heterocycles. The van der Waals surface area contributed by atoms with Crippen molar-refractivity contribution in [2.24, 2.45) is 11.7 Å². The van der Waals surface area contributed by atoms with E-state index in [0.717, 1.165) is 21.9 Å². The van der Waals surface area contributed by atoms with Crippen LogP contribution < -0.4 is 5.73 Å². The van der Waals surface area contributed by atoms with Crippen molar-refractivity contribution in [1.29, 1.82) is 0 Å². The number of halogens is 1. The summed E-state index contributed by atoms with van der Waals surface area (Å²) in [5.74, 6) is 1.39. The molecule has 3 rings (SSSR count). The van der Waals surface area contributed by atoms with Gasteiger partial charge in [0, 0.05) is 11.1 Å². The second kappa shape index (κ2) is 4.25. The average molecular weight is 264 g/mol. The van der Waals surface area contributed by atoms with Crippen molar-refractivity contribution in [3.63, 3.8) is 0 Å². The molecule has 0 amide bonds. The quantitative estimate of drug-likeness (QED) is 0.918. The molecule has 96 valence electrons. The van der Waals surface area contributed by atoms with Gasteiger partial charge >= 0.3 is 0 Å². The van der Waals surface area contributed by atoms with Gasteiger partial charge in [-0.3, -0.25) is 0 Å². The highest BCUT2D eigenvalue weighted by Gasteiger charge is 2.30. The van der Waals surface area contributed by atoms with Crippen LogP contribution in [-0.2, 0) is 0 Å². The fraction of sp³-hybridized carbons (Fsp3) is 0.500.